The van der Waals surface area contributed by atoms with E-state index in [1.165, 1.54) is 0 Å². The molecule has 0 spiro atoms. The Kier molecular flexibility index (Phi) is 8.22. The van der Waals surface area contributed by atoms with E-state index in [4.69, 9.17) is 11.6 Å². The van der Waals surface area contributed by atoms with Crippen LogP contribution in [0.4, 0.5) is 0 Å². The monoisotopic (exact) mass is 323 g/mol. The lowest BCUT2D eigenvalue weighted by molar-refractivity contribution is -0.121. The molecule has 1 aromatic rings. The van der Waals surface area contributed by atoms with Gasteiger partial charge in [0.25, 0.3) is 0 Å². The highest BCUT2D eigenvalue weighted by Crippen LogP contribution is 2.09. The lowest BCUT2D eigenvalue weighted by atomic mass is 10.2. The molecule has 0 aliphatic heterocycles. The highest BCUT2D eigenvalue weighted by Gasteiger charge is 2.05. The van der Waals surface area contributed by atoms with E-state index >= 15 is 0 Å². The van der Waals surface area contributed by atoms with Crippen molar-refractivity contribution in [3.63, 3.8) is 0 Å². The molecule has 2 amide bonds. The first-order valence-electron chi connectivity index (χ1n) is 7.34. The molecule has 0 saturated carbocycles. The fraction of sp³-hybridized carbons (Fsp3) is 0.438. The molecule has 0 aliphatic carbocycles. The summed E-state index contributed by atoms with van der Waals surface area (Å²) in [5, 5.41) is 7.38. The number of amides is 2. The minimum absolute atomic E-state index is 0.122. The van der Waals surface area contributed by atoms with Crippen molar-refractivity contribution in [3.8, 4) is 0 Å². The van der Waals surface area contributed by atoms with E-state index in [1.807, 2.05) is 19.1 Å². The number of halogens is 1. The van der Waals surface area contributed by atoms with Gasteiger partial charge in [0.1, 0.15) is 0 Å². The van der Waals surface area contributed by atoms with E-state index in [1.54, 1.807) is 19.1 Å². The van der Waals surface area contributed by atoms with Gasteiger partial charge in [0.2, 0.25) is 11.8 Å². The second-order valence-corrected chi connectivity index (χ2v) is 5.50. The fourth-order valence-corrected chi connectivity index (χ4v) is 1.81. The van der Waals surface area contributed by atoms with Crippen molar-refractivity contribution < 1.29 is 9.59 Å². The van der Waals surface area contributed by atoms with Crippen molar-refractivity contribution in [2.24, 2.45) is 5.10 Å². The molecular weight excluding hydrogens is 302 g/mol. The molecule has 0 radical (unpaired) electrons. The summed E-state index contributed by atoms with van der Waals surface area (Å²) in [6.45, 7) is 4.17. The molecule has 0 unspecified atom stereocenters. The van der Waals surface area contributed by atoms with Crippen LogP contribution in [0, 0.1) is 0 Å². The van der Waals surface area contributed by atoms with Crippen LogP contribution in [0.25, 0.3) is 0 Å². The summed E-state index contributed by atoms with van der Waals surface area (Å²) in [5.74, 6) is -0.262. The van der Waals surface area contributed by atoms with Crippen molar-refractivity contribution >= 4 is 29.1 Å². The topological polar surface area (TPSA) is 70.6 Å². The molecule has 2 N–H and O–H groups in total. The molecule has 1 rings (SSSR count). The molecule has 0 atom stereocenters. The predicted octanol–water partition coefficient (Wildman–Crippen LogP) is 3.03. The number of unbranched alkanes of at least 4 members (excludes halogenated alkanes) is 1. The maximum Gasteiger partial charge on any atom is 0.240 e. The molecule has 0 aromatic heterocycles. The first kappa shape index (κ1) is 18.2. The molecule has 0 heterocycles. The van der Waals surface area contributed by atoms with E-state index in [0.717, 1.165) is 18.4 Å². The van der Waals surface area contributed by atoms with E-state index in [2.05, 4.69) is 15.8 Å². The highest BCUT2D eigenvalue weighted by atomic mass is 35.5. The Bertz CT molecular complexity index is 527. The summed E-state index contributed by atoms with van der Waals surface area (Å²) in [7, 11) is 0. The summed E-state index contributed by atoms with van der Waals surface area (Å²) < 4.78 is 0. The minimum atomic E-state index is -0.140. The van der Waals surface area contributed by atoms with Crippen molar-refractivity contribution in [2.75, 3.05) is 0 Å². The Morgan fingerprint density at radius 1 is 1.18 bits per heavy atom. The zero-order chi connectivity index (χ0) is 16.4. The van der Waals surface area contributed by atoms with Gasteiger partial charge in [-0.3, -0.25) is 9.59 Å². The standard InChI is InChI=1S/C16H22ClN3O2/c1-3-4-5-15(21)20-19-12(2)10-16(22)18-11-13-6-8-14(17)9-7-13/h6-9H,3-5,10-11H2,1-2H3,(H,18,22)(H,20,21)/b19-12-. The third-order valence-corrected chi connectivity index (χ3v) is 3.20. The van der Waals surface area contributed by atoms with Crippen LogP contribution in [0.5, 0.6) is 0 Å². The second kappa shape index (κ2) is 9.95. The SMILES string of the molecule is CCCCC(=O)N/N=C(/C)CC(=O)NCc1ccc(Cl)cc1. The van der Waals surface area contributed by atoms with Crippen molar-refractivity contribution in [1.82, 2.24) is 10.7 Å². The smallest absolute Gasteiger partial charge is 0.240 e. The van der Waals surface area contributed by atoms with Gasteiger partial charge in [-0.1, -0.05) is 37.1 Å². The number of carbonyl (C=O) groups is 2. The Morgan fingerprint density at radius 2 is 1.86 bits per heavy atom. The minimum Gasteiger partial charge on any atom is -0.352 e. The van der Waals surface area contributed by atoms with Gasteiger partial charge in [0.15, 0.2) is 0 Å². The van der Waals surface area contributed by atoms with Crippen LogP contribution in [0.1, 0.15) is 45.1 Å². The molecule has 0 saturated heterocycles. The fourth-order valence-electron chi connectivity index (χ4n) is 1.69. The number of nitrogens with zero attached hydrogens (tertiary/aromatic N) is 1. The number of nitrogens with one attached hydrogen (secondary N) is 2. The van der Waals surface area contributed by atoms with E-state index in [-0.39, 0.29) is 18.2 Å². The van der Waals surface area contributed by atoms with E-state index in [0.29, 0.717) is 23.7 Å². The first-order chi connectivity index (χ1) is 10.5. The lowest BCUT2D eigenvalue weighted by Crippen LogP contribution is -2.26. The summed E-state index contributed by atoms with van der Waals surface area (Å²) in [5.41, 5.74) is 4.00. The molecule has 5 nitrogen and oxygen atoms in total. The molecule has 0 bridgehead atoms. The molecule has 22 heavy (non-hydrogen) atoms. The van der Waals surface area contributed by atoms with Crippen molar-refractivity contribution in [1.29, 1.82) is 0 Å². The van der Waals surface area contributed by atoms with Crippen LogP contribution in [0.3, 0.4) is 0 Å². The van der Waals surface area contributed by atoms with Gasteiger partial charge < -0.3 is 5.32 Å². The molecule has 0 fully saturated rings. The van der Waals surface area contributed by atoms with Crippen molar-refractivity contribution in [3.05, 3.63) is 34.9 Å². The van der Waals surface area contributed by atoms with Crippen LogP contribution in [-0.4, -0.2) is 17.5 Å². The summed E-state index contributed by atoms with van der Waals surface area (Å²) in [6, 6.07) is 7.28. The Balaban J connectivity index is 2.31. The third-order valence-electron chi connectivity index (χ3n) is 2.95. The van der Waals surface area contributed by atoms with Gasteiger partial charge in [-0.05, 0) is 31.0 Å². The van der Waals surface area contributed by atoms with E-state index < -0.39 is 0 Å². The van der Waals surface area contributed by atoms with Gasteiger partial charge in [-0.15, -0.1) is 0 Å². The largest absolute Gasteiger partial charge is 0.352 e. The zero-order valence-corrected chi connectivity index (χ0v) is 13.7. The number of hydrazone groups is 1. The number of hydrogen-bond acceptors (Lipinski definition) is 3. The number of carbonyl (C=O) groups excluding carboxylic acids is 2. The van der Waals surface area contributed by atoms with Gasteiger partial charge >= 0.3 is 0 Å². The maximum atomic E-state index is 11.8. The number of benzene rings is 1. The van der Waals surface area contributed by atoms with Gasteiger partial charge in [-0.25, -0.2) is 5.43 Å². The molecule has 6 heteroatoms. The average molecular weight is 324 g/mol. The summed E-state index contributed by atoms with van der Waals surface area (Å²) in [6.07, 6.45) is 2.41. The van der Waals surface area contributed by atoms with Crippen LogP contribution in [0.2, 0.25) is 5.02 Å². The quantitative estimate of drug-likeness (QED) is 0.570. The summed E-state index contributed by atoms with van der Waals surface area (Å²) >= 11 is 5.80. The Labute approximate surface area is 136 Å². The van der Waals surface area contributed by atoms with Gasteiger partial charge in [-0.2, -0.15) is 5.10 Å². The van der Waals surface area contributed by atoms with Crippen molar-refractivity contribution in [2.45, 2.75) is 46.1 Å². The van der Waals surface area contributed by atoms with Crippen LogP contribution < -0.4 is 10.7 Å². The third kappa shape index (κ3) is 7.78. The Morgan fingerprint density at radius 3 is 2.50 bits per heavy atom. The van der Waals surface area contributed by atoms with E-state index in [9.17, 15) is 9.59 Å². The van der Waals surface area contributed by atoms with Crippen LogP contribution in [-0.2, 0) is 16.1 Å². The van der Waals surface area contributed by atoms with Gasteiger partial charge in [0.05, 0.1) is 6.42 Å². The second-order valence-electron chi connectivity index (χ2n) is 5.07. The normalized spacial score (nSPS) is 11.1. The van der Waals surface area contributed by atoms with Crippen LogP contribution >= 0.6 is 11.6 Å². The number of hydrogen-bond donors (Lipinski definition) is 2. The van der Waals surface area contributed by atoms with Crippen LogP contribution in [0.15, 0.2) is 29.4 Å². The first-order valence-corrected chi connectivity index (χ1v) is 7.72. The zero-order valence-electron chi connectivity index (χ0n) is 13.0. The number of rotatable bonds is 8. The molecule has 1 aromatic carbocycles. The predicted molar refractivity (Wildman–Crippen MR) is 88.7 cm³/mol. The van der Waals surface area contributed by atoms with Gasteiger partial charge in [0, 0.05) is 23.7 Å². The molecular formula is C16H22ClN3O2. The maximum absolute atomic E-state index is 11.8. The average Bonchev–Trinajstić information content (AvgIpc) is 2.50. The molecule has 0 aliphatic rings. The molecule has 120 valence electrons. The highest BCUT2D eigenvalue weighted by molar-refractivity contribution is 6.30. The Hall–Kier alpha value is -1.88. The lowest BCUT2D eigenvalue weighted by Gasteiger charge is -2.06. The summed E-state index contributed by atoms with van der Waals surface area (Å²) in [4.78, 5) is 23.2.